The Morgan fingerprint density at radius 1 is 1.50 bits per heavy atom. The lowest BCUT2D eigenvalue weighted by molar-refractivity contribution is 0.412. The Morgan fingerprint density at radius 3 is 2.58 bits per heavy atom. The van der Waals surface area contributed by atoms with Crippen molar-refractivity contribution in [3.8, 4) is 5.75 Å². The molecule has 1 aromatic rings. The molecule has 0 aliphatic rings. The lowest BCUT2D eigenvalue weighted by Gasteiger charge is -2.07. The van der Waals surface area contributed by atoms with E-state index in [1.165, 1.54) is 0 Å². The number of halogens is 1. The van der Waals surface area contributed by atoms with Gasteiger partial charge < -0.3 is 4.74 Å². The van der Waals surface area contributed by atoms with Gasteiger partial charge in [-0.2, -0.15) is 0 Å². The van der Waals surface area contributed by atoms with E-state index in [2.05, 4.69) is 6.58 Å². The van der Waals surface area contributed by atoms with Gasteiger partial charge in [0.2, 0.25) is 0 Å². The number of hydrogen-bond acceptors (Lipinski definition) is 1. The molecule has 0 aliphatic heterocycles. The Kier molecular flexibility index (Phi) is 2.77. The van der Waals surface area contributed by atoms with Gasteiger partial charge >= 0.3 is 0 Å². The van der Waals surface area contributed by atoms with Gasteiger partial charge in [0.1, 0.15) is 5.75 Å². The van der Waals surface area contributed by atoms with Crippen molar-refractivity contribution in [1.82, 2.24) is 0 Å². The van der Waals surface area contributed by atoms with Crippen molar-refractivity contribution in [2.45, 2.75) is 6.92 Å². The first-order valence-electron chi connectivity index (χ1n) is 3.65. The van der Waals surface area contributed by atoms with E-state index in [1.807, 2.05) is 19.1 Å². The minimum atomic E-state index is 0.632. The molecular weight excluding hydrogens is 172 g/mol. The molecule has 0 N–H and O–H groups in total. The molecule has 2 heteroatoms. The smallest absolute Gasteiger partial charge is 0.140 e. The Hall–Kier alpha value is -0.950. The van der Waals surface area contributed by atoms with Crippen molar-refractivity contribution in [2.24, 2.45) is 0 Å². The van der Waals surface area contributed by atoms with Crippen LogP contribution in [0, 0.1) is 6.92 Å². The van der Waals surface area contributed by atoms with Gasteiger partial charge in [-0.1, -0.05) is 24.3 Å². The predicted octanol–water partition coefficient (Wildman–Crippen LogP) is 3.30. The van der Waals surface area contributed by atoms with Crippen LogP contribution in [0.2, 0.25) is 5.02 Å². The number of rotatable bonds is 2. The Labute approximate surface area is 77.6 Å². The second-order valence-corrected chi connectivity index (χ2v) is 2.96. The molecule has 1 nitrogen and oxygen atoms in total. The quantitative estimate of drug-likeness (QED) is 0.682. The second kappa shape index (κ2) is 3.63. The van der Waals surface area contributed by atoms with Gasteiger partial charge in [0.25, 0.3) is 0 Å². The molecule has 0 heterocycles. The van der Waals surface area contributed by atoms with Crippen LogP contribution in [0.4, 0.5) is 0 Å². The first-order valence-corrected chi connectivity index (χ1v) is 4.03. The van der Waals surface area contributed by atoms with Crippen LogP contribution in [0.5, 0.6) is 5.75 Å². The molecule has 0 fully saturated rings. The third kappa shape index (κ3) is 1.62. The summed E-state index contributed by atoms with van der Waals surface area (Å²) in [4.78, 5) is 0. The fourth-order valence-electron chi connectivity index (χ4n) is 1.13. The van der Waals surface area contributed by atoms with Crippen LogP contribution in [0.3, 0.4) is 0 Å². The molecule has 1 rings (SSSR count). The molecule has 0 saturated heterocycles. The number of methoxy groups -OCH3 is 1. The van der Waals surface area contributed by atoms with E-state index >= 15 is 0 Å². The molecule has 0 unspecified atom stereocenters. The number of ether oxygens (including phenoxy) is 1. The zero-order valence-corrected chi connectivity index (χ0v) is 7.98. The van der Waals surface area contributed by atoms with Gasteiger partial charge in [-0.25, -0.2) is 0 Å². The van der Waals surface area contributed by atoms with E-state index in [1.54, 1.807) is 13.2 Å². The lowest BCUT2D eigenvalue weighted by atomic mass is 10.1. The summed E-state index contributed by atoms with van der Waals surface area (Å²) < 4.78 is 5.11. The van der Waals surface area contributed by atoms with Gasteiger partial charge in [0.05, 0.1) is 12.1 Å². The highest BCUT2D eigenvalue weighted by molar-refractivity contribution is 6.32. The van der Waals surface area contributed by atoms with Gasteiger partial charge in [0.15, 0.2) is 0 Å². The van der Waals surface area contributed by atoms with Gasteiger partial charge in [0, 0.05) is 0 Å². The van der Waals surface area contributed by atoms with Crippen molar-refractivity contribution < 1.29 is 4.74 Å². The molecule has 0 saturated carbocycles. The molecular formula is C10H11ClO. The first-order chi connectivity index (χ1) is 5.69. The fourth-order valence-corrected chi connectivity index (χ4v) is 1.49. The van der Waals surface area contributed by atoms with Crippen LogP contribution in [0.25, 0.3) is 6.08 Å². The predicted molar refractivity (Wildman–Crippen MR) is 52.8 cm³/mol. The molecule has 0 bridgehead atoms. The average Bonchev–Trinajstić information content (AvgIpc) is 2.03. The zero-order valence-electron chi connectivity index (χ0n) is 7.23. The molecule has 12 heavy (non-hydrogen) atoms. The van der Waals surface area contributed by atoms with Gasteiger partial charge in [-0.3, -0.25) is 0 Å². The van der Waals surface area contributed by atoms with Crippen LogP contribution in [0.15, 0.2) is 18.7 Å². The highest BCUT2D eigenvalue weighted by Gasteiger charge is 2.04. The fraction of sp³-hybridized carbons (Fsp3) is 0.200. The van der Waals surface area contributed by atoms with Crippen molar-refractivity contribution in [1.29, 1.82) is 0 Å². The topological polar surface area (TPSA) is 9.23 Å². The third-order valence-electron chi connectivity index (χ3n) is 1.69. The maximum absolute atomic E-state index is 5.94. The molecule has 0 atom stereocenters. The second-order valence-electron chi connectivity index (χ2n) is 2.56. The van der Waals surface area contributed by atoms with Crippen molar-refractivity contribution in [3.63, 3.8) is 0 Å². The highest BCUT2D eigenvalue weighted by atomic mass is 35.5. The van der Waals surface area contributed by atoms with E-state index < -0.39 is 0 Å². The van der Waals surface area contributed by atoms with Crippen LogP contribution < -0.4 is 4.74 Å². The Morgan fingerprint density at radius 2 is 2.17 bits per heavy atom. The number of aryl methyl sites for hydroxylation is 1. The summed E-state index contributed by atoms with van der Waals surface area (Å²) in [6.45, 7) is 5.63. The lowest BCUT2D eigenvalue weighted by Crippen LogP contribution is -1.88. The van der Waals surface area contributed by atoms with E-state index in [-0.39, 0.29) is 0 Å². The monoisotopic (exact) mass is 182 g/mol. The molecule has 0 spiro atoms. The van der Waals surface area contributed by atoms with Crippen molar-refractivity contribution in [3.05, 3.63) is 34.9 Å². The summed E-state index contributed by atoms with van der Waals surface area (Å²) in [5, 5.41) is 0.632. The molecule has 0 aromatic heterocycles. The molecule has 64 valence electrons. The van der Waals surface area contributed by atoms with E-state index in [0.29, 0.717) is 5.02 Å². The Balaban J connectivity index is 3.27. The highest BCUT2D eigenvalue weighted by Crippen LogP contribution is 2.29. The van der Waals surface area contributed by atoms with E-state index in [4.69, 9.17) is 16.3 Å². The summed E-state index contributed by atoms with van der Waals surface area (Å²) in [5.41, 5.74) is 2.04. The maximum atomic E-state index is 5.94. The normalized spacial score (nSPS) is 9.58. The summed E-state index contributed by atoms with van der Waals surface area (Å²) in [7, 11) is 1.61. The average molecular weight is 183 g/mol. The maximum Gasteiger partial charge on any atom is 0.140 e. The van der Waals surface area contributed by atoms with Crippen LogP contribution in [-0.4, -0.2) is 7.11 Å². The van der Waals surface area contributed by atoms with Gasteiger partial charge in [-0.15, -0.1) is 0 Å². The van der Waals surface area contributed by atoms with Crippen molar-refractivity contribution >= 4 is 17.7 Å². The molecule has 0 amide bonds. The van der Waals surface area contributed by atoms with Crippen LogP contribution >= 0.6 is 11.6 Å². The molecule has 1 aromatic carbocycles. The largest absolute Gasteiger partial charge is 0.495 e. The standard InChI is InChI=1S/C10H11ClO/c1-4-8-5-7(2)10(12-3)9(11)6-8/h4-6H,1H2,2-3H3. The molecule has 0 radical (unpaired) electrons. The summed E-state index contributed by atoms with van der Waals surface area (Å²) >= 11 is 5.94. The van der Waals surface area contributed by atoms with E-state index in [9.17, 15) is 0 Å². The number of benzene rings is 1. The number of hydrogen-bond donors (Lipinski definition) is 0. The summed E-state index contributed by atoms with van der Waals surface area (Å²) in [6, 6.07) is 3.82. The zero-order chi connectivity index (χ0) is 9.14. The van der Waals surface area contributed by atoms with Crippen LogP contribution in [0.1, 0.15) is 11.1 Å². The first kappa shape index (κ1) is 9.14. The third-order valence-corrected chi connectivity index (χ3v) is 1.97. The summed E-state index contributed by atoms with van der Waals surface area (Å²) in [5.74, 6) is 0.738. The molecule has 0 aliphatic carbocycles. The van der Waals surface area contributed by atoms with Crippen molar-refractivity contribution in [2.75, 3.05) is 7.11 Å². The van der Waals surface area contributed by atoms with E-state index in [0.717, 1.165) is 16.9 Å². The minimum Gasteiger partial charge on any atom is -0.495 e. The van der Waals surface area contributed by atoms with Gasteiger partial charge in [-0.05, 0) is 30.2 Å². The Bertz CT molecular complexity index is 282. The SMILES string of the molecule is C=Cc1cc(C)c(OC)c(Cl)c1. The minimum absolute atomic E-state index is 0.632. The van der Waals surface area contributed by atoms with Crippen LogP contribution in [-0.2, 0) is 0 Å². The summed E-state index contributed by atoms with van der Waals surface area (Å²) in [6.07, 6.45) is 1.76.